The second-order valence-electron chi connectivity index (χ2n) is 7.95. The summed E-state index contributed by atoms with van der Waals surface area (Å²) in [5, 5.41) is 11.3. The average Bonchev–Trinajstić information content (AvgIpc) is 3.28. The van der Waals surface area contributed by atoms with Crippen LogP contribution in [0.1, 0.15) is 18.5 Å². The summed E-state index contributed by atoms with van der Waals surface area (Å²) in [6, 6.07) is 19.7. The lowest BCUT2D eigenvalue weighted by Crippen LogP contribution is -2.32. The van der Waals surface area contributed by atoms with E-state index in [4.69, 9.17) is 16.3 Å². The van der Waals surface area contributed by atoms with Crippen LogP contribution >= 0.6 is 11.6 Å². The molecule has 35 heavy (non-hydrogen) atoms. The molecule has 1 aromatic heterocycles. The fourth-order valence-electron chi connectivity index (χ4n) is 4.09. The summed E-state index contributed by atoms with van der Waals surface area (Å²) >= 11 is 6.02. The zero-order valence-corrected chi connectivity index (χ0v) is 19.7. The molecule has 1 atom stereocenters. The number of amides is 1. The number of hydrogen-bond donors (Lipinski definition) is 2. The molecule has 3 aromatic carbocycles. The van der Waals surface area contributed by atoms with Crippen LogP contribution in [0, 0.1) is 5.82 Å². The Kier molecular flexibility index (Phi) is 5.96. The molecule has 1 aliphatic heterocycles. The number of halogens is 2. The maximum absolute atomic E-state index is 15.1. The molecule has 0 aliphatic carbocycles. The van der Waals surface area contributed by atoms with Crippen molar-refractivity contribution in [2.75, 3.05) is 17.7 Å². The number of benzene rings is 3. The minimum absolute atomic E-state index is 0.298. The van der Waals surface area contributed by atoms with E-state index in [2.05, 4.69) is 20.7 Å². The Morgan fingerprint density at radius 3 is 2.54 bits per heavy atom. The second kappa shape index (κ2) is 9.23. The largest absolute Gasteiger partial charge is 0.495 e. The third-order valence-electron chi connectivity index (χ3n) is 5.75. The summed E-state index contributed by atoms with van der Waals surface area (Å²) in [6.45, 7) is 1.76. The lowest BCUT2D eigenvalue weighted by Gasteiger charge is -2.29. The van der Waals surface area contributed by atoms with Crippen LogP contribution < -0.4 is 15.4 Å². The van der Waals surface area contributed by atoms with E-state index in [0.717, 1.165) is 5.56 Å². The van der Waals surface area contributed by atoms with Crippen molar-refractivity contribution < 1.29 is 13.9 Å². The number of nitrogens with one attached hydrogen (secondary N) is 2. The Labute approximate surface area is 206 Å². The molecular weight excluding hydrogens is 469 g/mol. The van der Waals surface area contributed by atoms with Gasteiger partial charge in [-0.2, -0.15) is 4.98 Å². The first kappa shape index (κ1) is 22.6. The van der Waals surface area contributed by atoms with E-state index in [-0.39, 0.29) is 0 Å². The third-order valence-corrected chi connectivity index (χ3v) is 6.01. The normalized spacial score (nSPS) is 14.8. The average molecular weight is 490 g/mol. The van der Waals surface area contributed by atoms with Crippen molar-refractivity contribution in [3.8, 4) is 17.1 Å². The van der Waals surface area contributed by atoms with E-state index >= 15 is 4.39 Å². The van der Waals surface area contributed by atoms with Gasteiger partial charge < -0.3 is 15.4 Å². The highest BCUT2D eigenvalue weighted by Gasteiger charge is 2.36. The standard InChI is InChI=1S/C26H21ClFN5O2/c1-15-22(25(34)30-20-9-5-6-10-21(20)35-2)23(18-7-3-4-8-19(18)28)33-26(29-15)31-24(32-33)16-11-13-17(27)14-12-16/h3-14,23H,1-2H3,(H,30,34)(H,29,31,32). The monoisotopic (exact) mass is 489 g/mol. The minimum atomic E-state index is -0.851. The maximum Gasteiger partial charge on any atom is 0.255 e. The van der Waals surface area contributed by atoms with Gasteiger partial charge in [-0.1, -0.05) is 41.9 Å². The van der Waals surface area contributed by atoms with Gasteiger partial charge in [-0.3, -0.25) is 4.79 Å². The number of carbonyl (C=O) groups is 1. The summed E-state index contributed by atoms with van der Waals surface area (Å²) in [5.74, 6) is 0.460. The highest BCUT2D eigenvalue weighted by molar-refractivity contribution is 6.30. The molecular formula is C26H21ClFN5O2. The molecule has 4 aromatic rings. The molecule has 9 heteroatoms. The van der Waals surface area contributed by atoms with Crippen LogP contribution in [0.3, 0.4) is 0 Å². The van der Waals surface area contributed by atoms with Gasteiger partial charge in [0.2, 0.25) is 5.95 Å². The predicted molar refractivity (Wildman–Crippen MR) is 133 cm³/mol. The van der Waals surface area contributed by atoms with Crippen molar-refractivity contribution in [2.24, 2.45) is 0 Å². The van der Waals surface area contributed by atoms with Crippen molar-refractivity contribution >= 4 is 29.1 Å². The number of anilines is 2. The van der Waals surface area contributed by atoms with Gasteiger partial charge in [-0.05, 0) is 49.4 Å². The molecule has 1 amide bonds. The van der Waals surface area contributed by atoms with Gasteiger partial charge in [0.05, 0.1) is 18.4 Å². The molecule has 2 N–H and O–H groups in total. The number of ether oxygens (including phenoxy) is 1. The van der Waals surface area contributed by atoms with Gasteiger partial charge in [0.25, 0.3) is 5.91 Å². The number of rotatable bonds is 5. The highest BCUT2D eigenvalue weighted by Crippen LogP contribution is 2.38. The Hall–Kier alpha value is -4.17. The van der Waals surface area contributed by atoms with Gasteiger partial charge in [0, 0.05) is 21.8 Å². The summed E-state index contributed by atoms with van der Waals surface area (Å²) in [4.78, 5) is 18.2. The number of aromatic nitrogens is 3. The Morgan fingerprint density at radius 1 is 1.09 bits per heavy atom. The molecule has 0 spiro atoms. The Balaban J connectivity index is 1.61. The lowest BCUT2D eigenvalue weighted by atomic mass is 9.94. The molecule has 7 nitrogen and oxygen atoms in total. The molecule has 176 valence electrons. The summed E-state index contributed by atoms with van der Waals surface area (Å²) in [6.07, 6.45) is 0. The molecule has 0 saturated heterocycles. The zero-order chi connectivity index (χ0) is 24.5. The fraction of sp³-hybridized carbons (Fsp3) is 0.115. The predicted octanol–water partition coefficient (Wildman–Crippen LogP) is 5.67. The van der Waals surface area contributed by atoms with E-state index in [0.29, 0.717) is 45.1 Å². The molecule has 1 aliphatic rings. The van der Waals surface area contributed by atoms with Crippen LogP contribution in [0.15, 0.2) is 84.1 Å². The highest BCUT2D eigenvalue weighted by atomic mass is 35.5. The van der Waals surface area contributed by atoms with Crippen LogP contribution in [-0.4, -0.2) is 27.8 Å². The molecule has 5 rings (SSSR count). The van der Waals surface area contributed by atoms with Crippen molar-refractivity contribution in [2.45, 2.75) is 13.0 Å². The zero-order valence-electron chi connectivity index (χ0n) is 18.9. The van der Waals surface area contributed by atoms with Gasteiger partial charge in [-0.25, -0.2) is 9.07 Å². The first-order chi connectivity index (χ1) is 17.0. The van der Waals surface area contributed by atoms with E-state index in [1.807, 2.05) is 6.07 Å². The topological polar surface area (TPSA) is 81.1 Å². The van der Waals surface area contributed by atoms with Crippen LogP contribution in [0.4, 0.5) is 16.0 Å². The smallest absolute Gasteiger partial charge is 0.255 e. The second-order valence-corrected chi connectivity index (χ2v) is 8.39. The summed E-state index contributed by atoms with van der Waals surface area (Å²) in [5.41, 5.74) is 2.38. The third kappa shape index (κ3) is 4.24. The van der Waals surface area contributed by atoms with Crippen molar-refractivity contribution in [3.05, 3.63) is 100 Å². The first-order valence-electron chi connectivity index (χ1n) is 10.9. The SMILES string of the molecule is COc1ccccc1NC(=O)C1=C(C)Nc2nc(-c3ccc(Cl)cc3)nn2C1c1ccccc1F. The Bertz CT molecular complexity index is 1450. The number of hydrogen-bond acceptors (Lipinski definition) is 5. The molecule has 0 bridgehead atoms. The molecule has 0 saturated carbocycles. The molecule has 1 unspecified atom stereocenters. The molecule has 2 heterocycles. The quantitative estimate of drug-likeness (QED) is 0.377. The number of carbonyl (C=O) groups excluding carboxylic acids is 1. The van der Waals surface area contributed by atoms with E-state index in [9.17, 15) is 4.79 Å². The van der Waals surface area contributed by atoms with Crippen LogP contribution in [0.5, 0.6) is 5.75 Å². The molecule has 0 radical (unpaired) electrons. The van der Waals surface area contributed by atoms with Gasteiger partial charge in [-0.15, -0.1) is 5.10 Å². The summed E-state index contributed by atoms with van der Waals surface area (Å²) < 4.78 is 22.0. The van der Waals surface area contributed by atoms with E-state index in [1.165, 1.54) is 17.9 Å². The van der Waals surface area contributed by atoms with Crippen molar-refractivity contribution in [3.63, 3.8) is 0 Å². The molecule has 0 fully saturated rings. The van der Waals surface area contributed by atoms with E-state index < -0.39 is 17.8 Å². The van der Waals surface area contributed by atoms with Crippen LogP contribution in [0.25, 0.3) is 11.4 Å². The van der Waals surface area contributed by atoms with E-state index in [1.54, 1.807) is 67.6 Å². The number of nitrogens with zero attached hydrogens (tertiary/aromatic N) is 3. The number of methoxy groups -OCH3 is 1. The van der Waals surface area contributed by atoms with Gasteiger partial charge in [0.15, 0.2) is 5.82 Å². The lowest BCUT2D eigenvalue weighted by molar-refractivity contribution is -0.113. The van der Waals surface area contributed by atoms with Crippen LogP contribution in [-0.2, 0) is 4.79 Å². The van der Waals surface area contributed by atoms with Gasteiger partial charge >= 0.3 is 0 Å². The number of allylic oxidation sites excluding steroid dienone is 1. The van der Waals surface area contributed by atoms with Crippen LogP contribution in [0.2, 0.25) is 5.02 Å². The first-order valence-corrected chi connectivity index (χ1v) is 11.2. The van der Waals surface area contributed by atoms with Gasteiger partial charge in [0.1, 0.15) is 17.6 Å². The van der Waals surface area contributed by atoms with Crippen molar-refractivity contribution in [1.82, 2.24) is 14.8 Å². The number of fused-ring (bicyclic) bond motifs is 1. The van der Waals surface area contributed by atoms with Crippen molar-refractivity contribution in [1.29, 1.82) is 0 Å². The number of para-hydroxylation sites is 2. The fourth-order valence-corrected chi connectivity index (χ4v) is 4.21. The Morgan fingerprint density at radius 2 is 1.80 bits per heavy atom. The summed E-state index contributed by atoms with van der Waals surface area (Å²) in [7, 11) is 1.53. The minimum Gasteiger partial charge on any atom is -0.495 e. The maximum atomic E-state index is 15.1.